The first kappa shape index (κ1) is 12.6. The Bertz CT molecular complexity index is 485. The molecule has 0 saturated heterocycles. The van der Waals surface area contributed by atoms with E-state index in [0.29, 0.717) is 0 Å². The van der Waals surface area contributed by atoms with Crippen LogP contribution < -0.4 is 10.1 Å². The van der Waals surface area contributed by atoms with Gasteiger partial charge in [0.25, 0.3) is 0 Å². The van der Waals surface area contributed by atoms with Crippen molar-refractivity contribution in [1.29, 1.82) is 0 Å². The number of rotatable bonds is 5. The number of halogens is 2. The highest BCUT2D eigenvalue weighted by Gasteiger charge is 2.14. The first-order valence-electron chi connectivity index (χ1n) is 5.45. The molecule has 1 aromatic heterocycles. The fraction of sp³-hybridized carbons (Fsp3) is 0.231. The van der Waals surface area contributed by atoms with Crippen molar-refractivity contribution in [3.8, 4) is 5.75 Å². The van der Waals surface area contributed by atoms with E-state index in [1.165, 1.54) is 6.07 Å². The topological polar surface area (TPSA) is 34.4 Å². The minimum Gasteiger partial charge on any atom is -0.472 e. The largest absolute Gasteiger partial charge is 0.472 e. The molecule has 2 rings (SSSR count). The second-order valence-corrected chi connectivity index (χ2v) is 3.73. The van der Waals surface area contributed by atoms with E-state index >= 15 is 0 Å². The lowest BCUT2D eigenvalue weighted by Crippen LogP contribution is -2.17. The van der Waals surface area contributed by atoms with Crippen LogP contribution in [0.2, 0.25) is 0 Å². The summed E-state index contributed by atoms with van der Waals surface area (Å²) in [5.74, 6) is 0.145. The van der Waals surface area contributed by atoms with Gasteiger partial charge < -0.3 is 14.5 Å². The summed E-state index contributed by atoms with van der Waals surface area (Å²) in [7, 11) is 1.79. The fourth-order valence-corrected chi connectivity index (χ4v) is 1.84. The van der Waals surface area contributed by atoms with Crippen LogP contribution in [0.15, 0.2) is 47.3 Å². The van der Waals surface area contributed by atoms with E-state index in [1.807, 2.05) is 12.1 Å². The molecule has 0 bridgehead atoms. The molecular weight excluding hydrogens is 240 g/mol. The van der Waals surface area contributed by atoms with E-state index in [9.17, 15) is 8.78 Å². The van der Waals surface area contributed by atoms with Gasteiger partial charge in [-0.05, 0) is 30.8 Å². The number of benzene rings is 1. The van der Waals surface area contributed by atoms with Crippen molar-refractivity contribution in [3.63, 3.8) is 0 Å². The lowest BCUT2D eigenvalue weighted by Gasteiger charge is -2.16. The highest BCUT2D eigenvalue weighted by atomic mass is 19.3. The molecule has 2 aromatic rings. The van der Waals surface area contributed by atoms with Gasteiger partial charge in [0.2, 0.25) is 0 Å². The lowest BCUT2D eigenvalue weighted by atomic mass is 10.0. The Morgan fingerprint density at radius 1 is 1.22 bits per heavy atom. The summed E-state index contributed by atoms with van der Waals surface area (Å²) in [6.07, 6.45) is 3.18. The van der Waals surface area contributed by atoms with Crippen molar-refractivity contribution in [3.05, 3.63) is 54.0 Å². The fourth-order valence-electron chi connectivity index (χ4n) is 1.84. The highest BCUT2D eigenvalue weighted by Crippen LogP contribution is 2.25. The standard InChI is InChI=1S/C13H13F2NO2/c1-16-12(10-5-6-17-8-10)9-3-2-4-11(7-9)18-13(14)15/h2-8,12-13,16H,1H3. The van der Waals surface area contributed by atoms with Gasteiger partial charge in [0.1, 0.15) is 5.75 Å². The monoisotopic (exact) mass is 253 g/mol. The van der Waals surface area contributed by atoms with Gasteiger partial charge in [-0.25, -0.2) is 0 Å². The molecule has 1 atom stereocenters. The van der Waals surface area contributed by atoms with Gasteiger partial charge in [-0.2, -0.15) is 8.78 Å². The molecule has 0 radical (unpaired) electrons. The molecule has 1 unspecified atom stereocenters. The van der Waals surface area contributed by atoms with Crippen LogP contribution in [-0.2, 0) is 0 Å². The van der Waals surface area contributed by atoms with Crippen molar-refractivity contribution in [1.82, 2.24) is 5.32 Å². The zero-order valence-electron chi connectivity index (χ0n) is 9.77. The van der Waals surface area contributed by atoms with Crippen molar-refractivity contribution >= 4 is 0 Å². The van der Waals surface area contributed by atoms with Gasteiger partial charge in [0.05, 0.1) is 18.6 Å². The molecule has 96 valence electrons. The Morgan fingerprint density at radius 3 is 2.67 bits per heavy atom. The molecule has 0 aliphatic heterocycles. The predicted molar refractivity (Wildman–Crippen MR) is 62.7 cm³/mol. The minimum absolute atomic E-state index is 0.120. The second-order valence-electron chi connectivity index (χ2n) is 3.73. The smallest absolute Gasteiger partial charge is 0.387 e. The summed E-state index contributed by atoms with van der Waals surface area (Å²) in [4.78, 5) is 0. The average molecular weight is 253 g/mol. The summed E-state index contributed by atoms with van der Waals surface area (Å²) in [6, 6.07) is 8.30. The third-order valence-corrected chi connectivity index (χ3v) is 2.58. The van der Waals surface area contributed by atoms with Crippen LogP contribution in [0, 0.1) is 0 Å². The normalized spacial score (nSPS) is 12.7. The molecule has 18 heavy (non-hydrogen) atoms. The molecule has 1 N–H and O–H groups in total. The van der Waals surface area contributed by atoms with E-state index in [-0.39, 0.29) is 11.8 Å². The van der Waals surface area contributed by atoms with Crippen LogP contribution in [0.3, 0.4) is 0 Å². The first-order valence-corrected chi connectivity index (χ1v) is 5.45. The Labute approximate surface area is 103 Å². The van der Waals surface area contributed by atoms with Crippen molar-refractivity contribution in [2.75, 3.05) is 7.05 Å². The van der Waals surface area contributed by atoms with Gasteiger partial charge in [-0.3, -0.25) is 0 Å². The lowest BCUT2D eigenvalue weighted by molar-refractivity contribution is -0.0498. The summed E-state index contributed by atoms with van der Waals surface area (Å²) < 4.78 is 33.7. The average Bonchev–Trinajstić information content (AvgIpc) is 2.83. The van der Waals surface area contributed by atoms with E-state index in [1.54, 1.807) is 31.7 Å². The number of hydrogen-bond donors (Lipinski definition) is 1. The molecule has 0 aliphatic carbocycles. The Kier molecular flexibility index (Phi) is 3.94. The maximum Gasteiger partial charge on any atom is 0.387 e. The van der Waals surface area contributed by atoms with Crippen LogP contribution in [0.25, 0.3) is 0 Å². The predicted octanol–water partition coefficient (Wildman–Crippen LogP) is 3.19. The summed E-state index contributed by atoms with van der Waals surface area (Å²) >= 11 is 0. The number of ether oxygens (including phenoxy) is 1. The molecule has 0 aliphatic rings. The number of alkyl halides is 2. The van der Waals surface area contributed by atoms with Gasteiger partial charge in [0.15, 0.2) is 0 Å². The SMILES string of the molecule is CNC(c1ccoc1)c1cccc(OC(F)F)c1. The highest BCUT2D eigenvalue weighted by molar-refractivity contribution is 5.35. The maximum atomic E-state index is 12.2. The molecule has 0 spiro atoms. The van der Waals surface area contributed by atoms with E-state index < -0.39 is 6.61 Å². The van der Waals surface area contributed by atoms with Crippen LogP contribution in [0.4, 0.5) is 8.78 Å². The molecular formula is C13H13F2NO2. The van der Waals surface area contributed by atoms with E-state index in [2.05, 4.69) is 10.1 Å². The second kappa shape index (κ2) is 5.64. The van der Waals surface area contributed by atoms with Gasteiger partial charge in [-0.15, -0.1) is 0 Å². The summed E-state index contributed by atoms with van der Waals surface area (Å²) in [5, 5.41) is 3.10. The van der Waals surface area contributed by atoms with Crippen LogP contribution in [-0.4, -0.2) is 13.7 Å². The quantitative estimate of drug-likeness (QED) is 0.888. The minimum atomic E-state index is -2.82. The molecule has 0 saturated carbocycles. The van der Waals surface area contributed by atoms with E-state index in [0.717, 1.165) is 11.1 Å². The van der Waals surface area contributed by atoms with Crippen molar-refractivity contribution < 1.29 is 17.9 Å². The molecule has 0 fully saturated rings. The molecule has 1 heterocycles. The summed E-state index contributed by atoms with van der Waals surface area (Å²) in [5.41, 5.74) is 1.75. The van der Waals surface area contributed by atoms with Crippen molar-refractivity contribution in [2.24, 2.45) is 0 Å². The molecule has 1 aromatic carbocycles. The Hall–Kier alpha value is -1.88. The third-order valence-electron chi connectivity index (χ3n) is 2.58. The van der Waals surface area contributed by atoms with Gasteiger partial charge in [-0.1, -0.05) is 12.1 Å². The van der Waals surface area contributed by atoms with E-state index in [4.69, 9.17) is 4.42 Å². The van der Waals surface area contributed by atoms with Crippen LogP contribution in [0.5, 0.6) is 5.75 Å². The van der Waals surface area contributed by atoms with Crippen LogP contribution in [0.1, 0.15) is 17.2 Å². The maximum absolute atomic E-state index is 12.2. The molecule has 3 nitrogen and oxygen atoms in total. The molecule has 5 heteroatoms. The Morgan fingerprint density at radius 2 is 2.06 bits per heavy atom. The third kappa shape index (κ3) is 2.87. The number of hydrogen-bond acceptors (Lipinski definition) is 3. The first-order chi connectivity index (χ1) is 8.70. The summed E-state index contributed by atoms with van der Waals surface area (Å²) in [6.45, 7) is -2.82. The number of furan rings is 1. The van der Waals surface area contributed by atoms with Crippen molar-refractivity contribution in [2.45, 2.75) is 12.7 Å². The number of nitrogens with one attached hydrogen (secondary N) is 1. The van der Waals surface area contributed by atoms with Gasteiger partial charge >= 0.3 is 6.61 Å². The van der Waals surface area contributed by atoms with Gasteiger partial charge in [0, 0.05) is 5.56 Å². The molecule has 0 amide bonds. The Balaban J connectivity index is 2.26. The zero-order valence-corrected chi connectivity index (χ0v) is 9.77. The van der Waals surface area contributed by atoms with Crippen LogP contribution >= 0.6 is 0 Å². The zero-order chi connectivity index (χ0) is 13.0.